The summed E-state index contributed by atoms with van der Waals surface area (Å²) in [6, 6.07) is 24.3. The van der Waals surface area contributed by atoms with Crippen molar-refractivity contribution < 1.29 is 9.59 Å². The maximum Gasteiger partial charge on any atom is 0.251 e. The molecule has 31 heavy (non-hydrogen) atoms. The van der Waals surface area contributed by atoms with Crippen molar-refractivity contribution in [2.45, 2.75) is 45.6 Å². The molecule has 0 bridgehead atoms. The number of hydrogen-bond donors (Lipinski definition) is 2. The molecule has 0 heterocycles. The average Bonchev–Trinajstić information content (AvgIpc) is 2.80. The first-order valence-corrected chi connectivity index (χ1v) is 10.9. The van der Waals surface area contributed by atoms with Crippen LogP contribution in [0.5, 0.6) is 0 Å². The lowest BCUT2D eigenvalue weighted by molar-refractivity contribution is -0.118. The van der Waals surface area contributed by atoms with Gasteiger partial charge in [0.25, 0.3) is 5.91 Å². The Kier molecular flexibility index (Phi) is 7.99. The molecule has 0 aliphatic rings. The third-order valence-corrected chi connectivity index (χ3v) is 5.45. The van der Waals surface area contributed by atoms with Gasteiger partial charge >= 0.3 is 0 Å². The molecule has 4 heteroatoms. The number of anilines is 1. The maximum absolute atomic E-state index is 13.2. The standard InChI is InChI=1S/C27H30N2O2/c1-3-11-22-16-10-17-24(20(22)2)28-27(31)25(19-18-21-12-6-4-7-13-21)29-26(30)23-14-8-5-9-15-23/h4-10,12-17,25H,3,11,18-19H2,1-2H3,(H,28,31)(H,29,30). The van der Waals surface area contributed by atoms with Crippen molar-refractivity contribution >= 4 is 17.5 Å². The maximum atomic E-state index is 13.2. The Morgan fingerprint density at radius 3 is 2.19 bits per heavy atom. The second-order valence-corrected chi connectivity index (χ2v) is 7.75. The van der Waals surface area contributed by atoms with Gasteiger partial charge in [0.05, 0.1) is 0 Å². The van der Waals surface area contributed by atoms with E-state index in [9.17, 15) is 9.59 Å². The van der Waals surface area contributed by atoms with Crippen LogP contribution in [0.25, 0.3) is 0 Å². The Morgan fingerprint density at radius 1 is 0.839 bits per heavy atom. The van der Waals surface area contributed by atoms with E-state index in [1.54, 1.807) is 12.1 Å². The zero-order valence-electron chi connectivity index (χ0n) is 18.2. The molecular formula is C27H30N2O2. The van der Waals surface area contributed by atoms with Crippen LogP contribution in [0, 0.1) is 6.92 Å². The van der Waals surface area contributed by atoms with Crippen molar-refractivity contribution in [2.75, 3.05) is 5.32 Å². The van der Waals surface area contributed by atoms with Gasteiger partial charge in [-0.3, -0.25) is 9.59 Å². The lowest BCUT2D eigenvalue weighted by Gasteiger charge is -2.20. The molecule has 3 aromatic rings. The van der Waals surface area contributed by atoms with E-state index in [0.717, 1.165) is 29.7 Å². The van der Waals surface area contributed by atoms with Gasteiger partial charge in [0.2, 0.25) is 5.91 Å². The van der Waals surface area contributed by atoms with Crippen LogP contribution in [0.3, 0.4) is 0 Å². The summed E-state index contributed by atoms with van der Waals surface area (Å²) >= 11 is 0. The molecule has 0 saturated carbocycles. The minimum Gasteiger partial charge on any atom is -0.340 e. The molecule has 4 nitrogen and oxygen atoms in total. The minimum atomic E-state index is -0.637. The third-order valence-electron chi connectivity index (χ3n) is 5.45. The largest absolute Gasteiger partial charge is 0.340 e. The van der Waals surface area contributed by atoms with Crippen molar-refractivity contribution in [3.63, 3.8) is 0 Å². The molecule has 2 N–H and O–H groups in total. The Bertz CT molecular complexity index is 1000. The zero-order valence-corrected chi connectivity index (χ0v) is 18.2. The number of hydrogen-bond acceptors (Lipinski definition) is 2. The van der Waals surface area contributed by atoms with Crippen LogP contribution in [0.1, 0.15) is 46.8 Å². The first-order valence-electron chi connectivity index (χ1n) is 10.9. The fraction of sp³-hybridized carbons (Fsp3) is 0.259. The minimum absolute atomic E-state index is 0.197. The Balaban J connectivity index is 1.76. The predicted molar refractivity (Wildman–Crippen MR) is 126 cm³/mol. The highest BCUT2D eigenvalue weighted by Gasteiger charge is 2.22. The van der Waals surface area contributed by atoms with Gasteiger partial charge in [-0.05, 0) is 61.1 Å². The van der Waals surface area contributed by atoms with E-state index in [-0.39, 0.29) is 11.8 Å². The SMILES string of the molecule is CCCc1cccc(NC(=O)C(CCc2ccccc2)NC(=O)c2ccccc2)c1C. The highest BCUT2D eigenvalue weighted by Crippen LogP contribution is 2.21. The van der Waals surface area contributed by atoms with Crippen LogP contribution in [-0.2, 0) is 17.6 Å². The molecule has 2 amide bonds. The summed E-state index contributed by atoms with van der Waals surface area (Å²) in [7, 11) is 0. The number of benzene rings is 3. The van der Waals surface area contributed by atoms with E-state index in [1.165, 1.54) is 5.56 Å². The van der Waals surface area contributed by atoms with E-state index in [2.05, 4.69) is 23.6 Å². The van der Waals surface area contributed by atoms with Crippen molar-refractivity contribution in [2.24, 2.45) is 0 Å². The van der Waals surface area contributed by atoms with Gasteiger partial charge in [-0.1, -0.05) is 74.0 Å². The number of carbonyl (C=O) groups is 2. The molecule has 1 unspecified atom stereocenters. The van der Waals surface area contributed by atoms with Gasteiger partial charge in [-0.15, -0.1) is 0 Å². The predicted octanol–water partition coefficient (Wildman–Crippen LogP) is 5.32. The van der Waals surface area contributed by atoms with E-state index in [1.807, 2.05) is 67.6 Å². The first-order chi connectivity index (χ1) is 15.1. The van der Waals surface area contributed by atoms with Crippen LogP contribution in [0.15, 0.2) is 78.9 Å². The van der Waals surface area contributed by atoms with Crippen LogP contribution in [-0.4, -0.2) is 17.9 Å². The van der Waals surface area contributed by atoms with Gasteiger partial charge in [0.15, 0.2) is 0 Å². The molecule has 0 aromatic heterocycles. The highest BCUT2D eigenvalue weighted by molar-refractivity contribution is 6.01. The molecule has 0 aliphatic heterocycles. The fourth-order valence-corrected chi connectivity index (χ4v) is 3.63. The van der Waals surface area contributed by atoms with Crippen LogP contribution < -0.4 is 10.6 Å². The summed E-state index contributed by atoms with van der Waals surface area (Å²) in [4.78, 5) is 25.9. The smallest absolute Gasteiger partial charge is 0.251 e. The van der Waals surface area contributed by atoms with Crippen molar-refractivity contribution in [1.29, 1.82) is 0 Å². The summed E-state index contributed by atoms with van der Waals surface area (Å²) < 4.78 is 0. The lowest BCUT2D eigenvalue weighted by Crippen LogP contribution is -2.44. The molecule has 0 radical (unpaired) electrons. The topological polar surface area (TPSA) is 58.2 Å². The van der Waals surface area contributed by atoms with E-state index in [0.29, 0.717) is 18.4 Å². The Hall–Kier alpha value is -3.40. The van der Waals surface area contributed by atoms with Crippen molar-refractivity contribution in [3.05, 3.63) is 101 Å². The van der Waals surface area contributed by atoms with E-state index in [4.69, 9.17) is 0 Å². The number of nitrogens with one attached hydrogen (secondary N) is 2. The second kappa shape index (κ2) is 11.1. The summed E-state index contributed by atoms with van der Waals surface area (Å²) in [6.07, 6.45) is 3.23. The van der Waals surface area contributed by atoms with Crippen LogP contribution in [0.4, 0.5) is 5.69 Å². The number of amides is 2. The van der Waals surface area contributed by atoms with Crippen LogP contribution in [0.2, 0.25) is 0 Å². The summed E-state index contributed by atoms with van der Waals surface area (Å²) in [5.41, 5.74) is 4.79. The molecule has 3 rings (SSSR count). The molecular weight excluding hydrogens is 384 g/mol. The molecule has 0 aliphatic carbocycles. The van der Waals surface area contributed by atoms with Crippen molar-refractivity contribution in [3.8, 4) is 0 Å². The Morgan fingerprint density at radius 2 is 1.52 bits per heavy atom. The first kappa shape index (κ1) is 22.3. The third kappa shape index (κ3) is 6.29. The summed E-state index contributed by atoms with van der Waals surface area (Å²) in [5.74, 6) is -0.442. The van der Waals surface area contributed by atoms with Gasteiger partial charge in [-0.25, -0.2) is 0 Å². The molecule has 1 atom stereocenters. The van der Waals surface area contributed by atoms with E-state index >= 15 is 0 Å². The second-order valence-electron chi connectivity index (χ2n) is 7.75. The van der Waals surface area contributed by atoms with Crippen LogP contribution >= 0.6 is 0 Å². The van der Waals surface area contributed by atoms with E-state index < -0.39 is 6.04 Å². The molecule has 0 fully saturated rings. The highest BCUT2D eigenvalue weighted by atomic mass is 16.2. The molecule has 3 aromatic carbocycles. The molecule has 0 spiro atoms. The van der Waals surface area contributed by atoms with Gasteiger partial charge in [-0.2, -0.15) is 0 Å². The number of carbonyl (C=O) groups excluding carboxylic acids is 2. The quantitative estimate of drug-likeness (QED) is 0.498. The summed E-state index contributed by atoms with van der Waals surface area (Å²) in [5, 5.41) is 5.98. The molecule has 0 saturated heterocycles. The fourth-order valence-electron chi connectivity index (χ4n) is 3.63. The lowest BCUT2D eigenvalue weighted by atomic mass is 10.0. The van der Waals surface area contributed by atoms with Gasteiger partial charge in [0, 0.05) is 11.3 Å². The number of rotatable bonds is 9. The normalized spacial score (nSPS) is 11.5. The monoisotopic (exact) mass is 414 g/mol. The molecule has 160 valence electrons. The summed E-state index contributed by atoms with van der Waals surface area (Å²) in [6.45, 7) is 4.17. The van der Waals surface area contributed by atoms with Gasteiger partial charge in [0.1, 0.15) is 6.04 Å². The Labute approximate surface area is 184 Å². The zero-order chi connectivity index (χ0) is 22.1. The number of aryl methyl sites for hydroxylation is 2. The van der Waals surface area contributed by atoms with Gasteiger partial charge < -0.3 is 10.6 Å². The average molecular weight is 415 g/mol. The van der Waals surface area contributed by atoms with Crippen molar-refractivity contribution in [1.82, 2.24) is 5.32 Å².